The van der Waals surface area contributed by atoms with Crippen LogP contribution in [-0.4, -0.2) is 5.78 Å². The fraction of sp³-hybridized carbons (Fsp3) is 0. The molecule has 0 amide bonds. The van der Waals surface area contributed by atoms with Crippen molar-refractivity contribution in [3.8, 4) is 0 Å². The summed E-state index contributed by atoms with van der Waals surface area (Å²) in [7, 11) is 0. The molecule has 0 aliphatic heterocycles. The lowest BCUT2D eigenvalue weighted by molar-refractivity contribution is 0.104. The molecule has 0 aliphatic carbocycles. The van der Waals surface area contributed by atoms with Crippen LogP contribution in [-0.2, 0) is 0 Å². The highest BCUT2D eigenvalue weighted by atomic mass is 79.9. The third kappa shape index (κ3) is 4.58. The maximum absolute atomic E-state index is 11.9. The third-order valence-electron chi connectivity index (χ3n) is 2.65. The van der Waals surface area contributed by atoms with Crippen molar-refractivity contribution in [3.63, 3.8) is 0 Å². The van der Waals surface area contributed by atoms with E-state index in [-0.39, 0.29) is 5.78 Å². The molecule has 0 aromatic heterocycles. The molecule has 0 heterocycles. The Balaban J connectivity index is 1.97. The molecule has 0 N–H and O–H groups in total. The molecule has 0 atom stereocenters. The van der Waals surface area contributed by atoms with Crippen LogP contribution >= 0.6 is 31.9 Å². The number of hydrogen-bond donors (Lipinski definition) is 0. The van der Waals surface area contributed by atoms with Gasteiger partial charge in [0.2, 0.25) is 0 Å². The number of rotatable bonds is 4. The minimum Gasteiger partial charge on any atom is -0.289 e. The van der Waals surface area contributed by atoms with Gasteiger partial charge in [-0.05, 0) is 48.0 Å². The molecule has 100 valence electrons. The maximum atomic E-state index is 11.9. The zero-order valence-corrected chi connectivity index (χ0v) is 13.8. The van der Waals surface area contributed by atoms with Crippen LogP contribution in [0.1, 0.15) is 15.9 Å². The lowest BCUT2D eigenvalue weighted by Crippen LogP contribution is -1.92. The van der Waals surface area contributed by atoms with Crippen LogP contribution in [0.2, 0.25) is 0 Å². The Bertz CT molecular complexity index is 638. The Hall–Kier alpha value is -1.45. The van der Waals surface area contributed by atoms with E-state index < -0.39 is 0 Å². The van der Waals surface area contributed by atoms with Crippen LogP contribution in [0.4, 0.5) is 0 Å². The van der Waals surface area contributed by atoms with Crippen LogP contribution in [0, 0.1) is 0 Å². The van der Waals surface area contributed by atoms with E-state index >= 15 is 0 Å². The van der Waals surface area contributed by atoms with Crippen LogP contribution in [0.3, 0.4) is 0 Å². The first-order valence-corrected chi connectivity index (χ1v) is 7.64. The van der Waals surface area contributed by atoms with E-state index in [1.54, 1.807) is 24.3 Å². The van der Waals surface area contributed by atoms with Gasteiger partial charge >= 0.3 is 0 Å². The predicted molar refractivity (Wildman–Crippen MR) is 90.8 cm³/mol. The van der Waals surface area contributed by atoms with Crippen LogP contribution < -0.4 is 0 Å². The number of hydrogen-bond acceptors (Lipinski definition) is 1. The summed E-state index contributed by atoms with van der Waals surface area (Å²) in [5, 5.41) is 0. The van der Waals surface area contributed by atoms with Gasteiger partial charge < -0.3 is 0 Å². The molecule has 0 saturated carbocycles. The quantitative estimate of drug-likeness (QED) is 0.373. The van der Waals surface area contributed by atoms with E-state index in [0.29, 0.717) is 5.56 Å². The number of allylic oxidation sites excluding steroid dienone is 3. The minimum absolute atomic E-state index is 0.00189. The lowest BCUT2D eigenvalue weighted by atomic mass is 10.1. The van der Waals surface area contributed by atoms with Crippen molar-refractivity contribution < 1.29 is 4.79 Å². The molecule has 1 nitrogen and oxygen atoms in total. The summed E-state index contributed by atoms with van der Waals surface area (Å²) in [5.74, 6) is -0.00189. The molecular formula is C17H12Br2O. The van der Waals surface area contributed by atoms with Gasteiger partial charge in [-0.15, -0.1) is 0 Å². The van der Waals surface area contributed by atoms with Crippen molar-refractivity contribution in [2.24, 2.45) is 0 Å². The fourth-order valence-corrected chi connectivity index (χ4v) is 2.12. The standard InChI is InChI=1S/C17H12Br2O/c18-15-9-5-13(6-10-15)3-1-2-4-17(20)14-7-11-16(19)12-8-14/h1-12H/b3-1+,4-2+. The Morgan fingerprint density at radius 1 is 0.800 bits per heavy atom. The average molecular weight is 392 g/mol. The normalized spacial score (nSPS) is 11.3. The second kappa shape index (κ2) is 7.36. The number of benzene rings is 2. The number of halogens is 2. The van der Waals surface area contributed by atoms with Gasteiger partial charge in [0.25, 0.3) is 0 Å². The minimum atomic E-state index is -0.00189. The van der Waals surface area contributed by atoms with Gasteiger partial charge in [-0.25, -0.2) is 0 Å². The highest BCUT2D eigenvalue weighted by Crippen LogP contribution is 2.12. The first-order valence-electron chi connectivity index (χ1n) is 6.05. The molecule has 0 spiro atoms. The van der Waals surface area contributed by atoms with Crippen LogP contribution in [0.15, 0.2) is 75.7 Å². The lowest BCUT2D eigenvalue weighted by Gasteiger charge is -1.95. The van der Waals surface area contributed by atoms with Crippen molar-refractivity contribution >= 4 is 43.7 Å². The first-order chi connectivity index (χ1) is 9.65. The van der Waals surface area contributed by atoms with E-state index in [4.69, 9.17) is 0 Å². The average Bonchev–Trinajstić information content (AvgIpc) is 2.46. The second-order valence-electron chi connectivity index (χ2n) is 4.14. The molecule has 0 bridgehead atoms. The van der Waals surface area contributed by atoms with E-state index in [1.165, 1.54) is 0 Å². The maximum Gasteiger partial charge on any atom is 0.185 e. The molecule has 0 unspecified atom stereocenters. The zero-order valence-electron chi connectivity index (χ0n) is 10.6. The second-order valence-corrected chi connectivity index (χ2v) is 5.97. The largest absolute Gasteiger partial charge is 0.289 e. The molecule has 0 saturated heterocycles. The van der Waals surface area contributed by atoms with E-state index in [9.17, 15) is 4.79 Å². The Kier molecular flexibility index (Phi) is 5.50. The zero-order chi connectivity index (χ0) is 14.4. The van der Waals surface area contributed by atoms with Crippen molar-refractivity contribution in [1.82, 2.24) is 0 Å². The van der Waals surface area contributed by atoms with E-state index in [1.807, 2.05) is 48.6 Å². The monoisotopic (exact) mass is 390 g/mol. The highest BCUT2D eigenvalue weighted by molar-refractivity contribution is 9.10. The molecule has 0 fully saturated rings. The van der Waals surface area contributed by atoms with Gasteiger partial charge in [0.1, 0.15) is 0 Å². The first kappa shape index (κ1) is 14.9. The predicted octanol–water partition coefficient (Wildman–Crippen LogP) is 5.66. The van der Waals surface area contributed by atoms with Gasteiger partial charge in [0.15, 0.2) is 5.78 Å². The SMILES string of the molecule is O=C(/C=C/C=C/c1ccc(Br)cc1)c1ccc(Br)cc1. The van der Waals surface area contributed by atoms with Gasteiger partial charge in [-0.3, -0.25) is 4.79 Å². The van der Waals surface area contributed by atoms with Crippen molar-refractivity contribution in [1.29, 1.82) is 0 Å². The molecule has 2 aromatic rings. The summed E-state index contributed by atoms with van der Waals surface area (Å²) < 4.78 is 2.02. The van der Waals surface area contributed by atoms with Crippen molar-refractivity contribution in [3.05, 3.63) is 86.8 Å². The summed E-state index contributed by atoms with van der Waals surface area (Å²) >= 11 is 6.74. The van der Waals surface area contributed by atoms with Gasteiger partial charge in [0.05, 0.1) is 0 Å². The number of carbonyl (C=O) groups is 1. The van der Waals surface area contributed by atoms with Crippen LogP contribution in [0.5, 0.6) is 0 Å². The summed E-state index contributed by atoms with van der Waals surface area (Å²) in [6, 6.07) is 15.3. The molecule has 0 aliphatic rings. The summed E-state index contributed by atoms with van der Waals surface area (Å²) in [6.07, 6.45) is 7.14. The number of carbonyl (C=O) groups excluding carboxylic acids is 1. The fourth-order valence-electron chi connectivity index (χ4n) is 1.59. The highest BCUT2D eigenvalue weighted by Gasteiger charge is 1.99. The van der Waals surface area contributed by atoms with E-state index in [2.05, 4.69) is 31.9 Å². The molecule has 0 radical (unpaired) electrons. The van der Waals surface area contributed by atoms with E-state index in [0.717, 1.165) is 14.5 Å². The van der Waals surface area contributed by atoms with Gasteiger partial charge in [-0.1, -0.05) is 62.2 Å². The Morgan fingerprint density at radius 3 is 1.95 bits per heavy atom. The van der Waals surface area contributed by atoms with Crippen molar-refractivity contribution in [2.45, 2.75) is 0 Å². The summed E-state index contributed by atoms with van der Waals surface area (Å²) in [4.78, 5) is 11.9. The molecule has 3 heteroatoms. The molecule has 2 aromatic carbocycles. The number of ketones is 1. The Labute approximate surface area is 135 Å². The van der Waals surface area contributed by atoms with Crippen LogP contribution in [0.25, 0.3) is 6.08 Å². The summed E-state index contributed by atoms with van der Waals surface area (Å²) in [6.45, 7) is 0. The molecule has 20 heavy (non-hydrogen) atoms. The topological polar surface area (TPSA) is 17.1 Å². The summed E-state index contributed by atoms with van der Waals surface area (Å²) in [5.41, 5.74) is 1.77. The van der Waals surface area contributed by atoms with Gasteiger partial charge in [0, 0.05) is 14.5 Å². The third-order valence-corrected chi connectivity index (χ3v) is 3.70. The van der Waals surface area contributed by atoms with Gasteiger partial charge in [-0.2, -0.15) is 0 Å². The Morgan fingerprint density at radius 2 is 1.35 bits per heavy atom. The smallest absolute Gasteiger partial charge is 0.185 e. The van der Waals surface area contributed by atoms with Crippen molar-refractivity contribution in [2.75, 3.05) is 0 Å². The molecular weight excluding hydrogens is 380 g/mol. The molecule has 2 rings (SSSR count).